The van der Waals surface area contributed by atoms with E-state index >= 15 is 0 Å². The molecule has 1 saturated heterocycles. The van der Waals surface area contributed by atoms with Gasteiger partial charge in [0.15, 0.2) is 4.96 Å². The van der Waals surface area contributed by atoms with Gasteiger partial charge in [0.05, 0.1) is 5.69 Å². The lowest BCUT2D eigenvalue weighted by atomic mass is 10.1. The maximum Gasteiger partial charge on any atom is 0.258 e. The Morgan fingerprint density at radius 2 is 2.04 bits per heavy atom. The summed E-state index contributed by atoms with van der Waals surface area (Å²) in [7, 11) is 0. The molecule has 1 amide bonds. The third kappa shape index (κ3) is 3.79. The SMILES string of the molecule is CC(C)CC(=O)N1CCN(Cc2cc(=O)n3ccsc3n2)CC1. The Morgan fingerprint density at radius 3 is 2.74 bits per heavy atom. The van der Waals surface area contributed by atoms with Crippen LogP contribution in [0.15, 0.2) is 22.4 Å². The van der Waals surface area contributed by atoms with Crippen LogP contribution in [0.1, 0.15) is 26.0 Å². The number of thiazole rings is 1. The number of piperazine rings is 1. The maximum absolute atomic E-state index is 12.1. The van der Waals surface area contributed by atoms with E-state index in [1.165, 1.54) is 11.3 Å². The predicted molar refractivity (Wildman–Crippen MR) is 90.7 cm³/mol. The lowest BCUT2D eigenvalue weighted by molar-refractivity contribution is -0.133. The Morgan fingerprint density at radius 1 is 1.30 bits per heavy atom. The van der Waals surface area contributed by atoms with Gasteiger partial charge >= 0.3 is 0 Å². The molecule has 23 heavy (non-hydrogen) atoms. The Kier molecular flexibility index (Phi) is 4.77. The fourth-order valence-electron chi connectivity index (χ4n) is 2.83. The van der Waals surface area contributed by atoms with E-state index < -0.39 is 0 Å². The third-order valence-electron chi connectivity index (χ3n) is 4.05. The molecule has 3 heterocycles. The minimum Gasteiger partial charge on any atom is -0.340 e. The van der Waals surface area contributed by atoms with E-state index in [0.717, 1.165) is 36.8 Å². The zero-order valence-electron chi connectivity index (χ0n) is 13.6. The van der Waals surface area contributed by atoms with Crippen LogP contribution in [-0.4, -0.2) is 51.3 Å². The standard InChI is InChI=1S/C16H22N4O2S/c1-12(2)9-14(21)19-5-3-18(4-6-19)11-13-10-15(22)20-7-8-23-16(20)17-13/h7-8,10,12H,3-6,9,11H2,1-2H3. The van der Waals surface area contributed by atoms with E-state index in [1.807, 2.05) is 10.3 Å². The first-order chi connectivity index (χ1) is 11.0. The number of carbonyl (C=O) groups is 1. The van der Waals surface area contributed by atoms with Crippen molar-refractivity contribution in [2.45, 2.75) is 26.8 Å². The molecule has 0 spiro atoms. The van der Waals surface area contributed by atoms with E-state index in [0.29, 0.717) is 18.9 Å². The highest BCUT2D eigenvalue weighted by Crippen LogP contribution is 2.12. The number of carbonyl (C=O) groups excluding carboxylic acids is 1. The first-order valence-electron chi connectivity index (χ1n) is 7.99. The quantitative estimate of drug-likeness (QED) is 0.849. The number of amides is 1. The van der Waals surface area contributed by atoms with Crippen molar-refractivity contribution in [3.05, 3.63) is 33.7 Å². The second-order valence-corrected chi connectivity index (χ2v) is 7.27. The smallest absolute Gasteiger partial charge is 0.258 e. The molecular weight excluding hydrogens is 312 g/mol. The summed E-state index contributed by atoms with van der Waals surface area (Å²) >= 11 is 1.47. The molecule has 0 radical (unpaired) electrons. The second kappa shape index (κ2) is 6.80. The van der Waals surface area contributed by atoms with Gasteiger partial charge in [0.25, 0.3) is 5.56 Å². The summed E-state index contributed by atoms with van der Waals surface area (Å²) in [6, 6.07) is 1.61. The summed E-state index contributed by atoms with van der Waals surface area (Å²) in [5, 5.41) is 1.87. The largest absolute Gasteiger partial charge is 0.340 e. The molecule has 0 aliphatic carbocycles. The predicted octanol–water partition coefficient (Wildman–Crippen LogP) is 1.45. The van der Waals surface area contributed by atoms with E-state index in [1.54, 1.807) is 16.7 Å². The molecule has 1 fully saturated rings. The van der Waals surface area contributed by atoms with Crippen molar-refractivity contribution >= 4 is 22.2 Å². The molecular formula is C16H22N4O2S. The molecule has 0 bridgehead atoms. The van der Waals surface area contributed by atoms with Gasteiger partial charge in [-0.15, -0.1) is 11.3 Å². The maximum atomic E-state index is 12.1. The van der Waals surface area contributed by atoms with E-state index in [9.17, 15) is 9.59 Å². The van der Waals surface area contributed by atoms with Crippen molar-refractivity contribution in [3.63, 3.8) is 0 Å². The van der Waals surface area contributed by atoms with Gasteiger partial charge in [0, 0.05) is 56.8 Å². The number of hydrogen-bond donors (Lipinski definition) is 0. The summed E-state index contributed by atoms with van der Waals surface area (Å²) in [4.78, 5) is 33.6. The van der Waals surface area contributed by atoms with Crippen molar-refractivity contribution in [1.29, 1.82) is 0 Å². The number of hydrogen-bond acceptors (Lipinski definition) is 5. The number of rotatable bonds is 4. The average Bonchev–Trinajstić information content (AvgIpc) is 2.96. The first-order valence-corrected chi connectivity index (χ1v) is 8.87. The van der Waals surface area contributed by atoms with Crippen molar-refractivity contribution in [2.24, 2.45) is 5.92 Å². The summed E-state index contributed by atoms with van der Waals surface area (Å²) in [6.45, 7) is 7.97. The fourth-order valence-corrected chi connectivity index (χ4v) is 3.57. The molecule has 0 aromatic carbocycles. The molecule has 2 aromatic heterocycles. The molecule has 0 N–H and O–H groups in total. The molecule has 124 valence electrons. The number of fused-ring (bicyclic) bond motifs is 1. The Balaban J connectivity index is 1.59. The van der Waals surface area contributed by atoms with Crippen molar-refractivity contribution in [1.82, 2.24) is 19.2 Å². The van der Waals surface area contributed by atoms with Crippen LogP contribution in [0.3, 0.4) is 0 Å². The van der Waals surface area contributed by atoms with Gasteiger partial charge in [-0.05, 0) is 5.92 Å². The zero-order valence-corrected chi connectivity index (χ0v) is 14.4. The van der Waals surface area contributed by atoms with Gasteiger partial charge in [-0.1, -0.05) is 13.8 Å². The molecule has 1 aliphatic rings. The topological polar surface area (TPSA) is 57.9 Å². The molecule has 6 nitrogen and oxygen atoms in total. The van der Waals surface area contributed by atoms with Crippen molar-refractivity contribution < 1.29 is 4.79 Å². The highest BCUT2D eigenvalue weighted by molar-refractivity contribution is 7.15. The zero-order chi connectivity index (χ0) is 16.4. The van der Waals surface area contributed by atoms with Crippen LogP contribution < -0.4 is 5.56 Å². The van der Waals surface area contributed by atoms with E-state index in [-0.39, 0.29) is 11.5 Å². The summed E-state index contributed by atoms with van der Waals surface area (Å²) in [6.07, 6.45) is 2.37. The lowest BCUT2D eigenvalue weighted by Gasteiger charge is -2.34. The van der Waals surface area contributed by atoms with Gasteiger partial charge in [0.1, 0.15) is 0 Å². The van der Waals surface area contributed by atoms with Crippen LogP contribution >= 0.6 is 11.3 Å². The Labute approximate surface area is 139 Å². The summed E-state index contributed by atoms with van der Waals surface area (Å²) < 4.78 is 1.57. The number of nitrogens with zero attached hydrogens (tertiary/aromatic N) is 4. The molecule has 1 aliphatic heterocycles. The van der Waals surface area contributed by atoms with Crippen LogP contribution in [0.2, 0.25) is 0 Å². The van der Waals surface area contributed by atoms with Crippen LogP contribution in [-0.2, 0) is 11.3 Å². The van der Waals surface area contributed by atoms with Gasteiger partial charge in [0.2, 0.25) is 5.91 Å². The monoisotopic (exact) mass is 334 g/mol. The first kappa shape index (κ1) is 16.1. The van der Waals surface area contributed by atoms with Crippen LogP contribution in [0.4, 0.5) is 0 Å². The molecule has 3 rings (SSSR count). The van der Waals surface area contributed by atoms with Crippen LogP contribution in [0, 0.1) is 5.92 Å². The fraction of sp³-hybridized carbons (Fsp3) is 0.562. The Hall–Kier alpha value is -1.73. The summed E-state index contributed by atoms with van der Waals surface area (Å²) in [5.74, 6) is 0.645. The van der Waals surface area contributed by atoms with E-state index in [4.69, 9.17) is 0 Å². The lowest BCUT2D eigenvalue weighted by Crippen LogP contribution is -2.48. The van der Waals surface area contributed by atoms with Gasteiger partial charge in [-0.3, -0.25) is 18.9 Å². The Bertz CT molecular complexity index is 744. The molecule has 0 atom stereocenters. The minimum atomic E-state index is -0.0306. The molecule has 0 unspecified atom stereocenters. The van der Waals surface area contributed by atoms with E-state index in [2.05, 4.69) is 23.7 Å². The van der Waals surface area contributed by atoms with Gasteiger partial charge in [-0.2, -0.15) is 0 Å². The minimum absolute atomic E-state index is 0.0306. The molecule has 2 aromatic rings. The van der Waals surface area contributed by atoms with Gasteiger partial charge in [-0.25, -0.2) is 4.98 Å². The molecule has 0 saturated carbocycles. The second-order valence-electron chi connectivity index (χ2n) is 6.40. The highest BCUT2D eigenvalue weighted by atomic mass is 32.1. The van der Waals surface area contributed by atoms with Crippen molar-refractivity contribution in [2.75, 3.05) is 26.2 Å². The highest BCUT2D eigenvalue weighted by Gasteiger charge is 2.22. The number of aromatic nitrogens is 2. The van der Waals surface area contributed by atoms with Gasteiger partial charge < -0.3 is 4.90 Å². The normalized spacial score (nSPS) is 16.4. The third-order valence-corrected chi connectivity index (χ3v) is 4.81. The van der Waals surface area contributed by atoms with Crippen LogP contribution in [0.25, 0.3) is 4.96 Å². The van der Waals surface area contributed by atoms with Crippen LogP contribution in [0.5, 0.6) is 0 Å². The van der Waals surface area contributed by atoms with Crippen molar-refractivity contribution in [3.8, 4) is 0 Å². The molecule has 7 heteroatoms. The summed E-state index contributed by atoms with van der Waals surface area (Å²) in [5.41, 5.74) is 0.774. The average molecular weight is 334 g/mol.